The lowest BCUT2D eigenvalue weighted by Gasteiger charge is -2.45. The smallest absolute Gasteiger partial charge is 0.271 e. The van der Waals surface area contributed by atoms with E-state index in [0.29, 0.717) is 21.9 Å². The molecule has 0 aromatic heterocycles. The summed E-state index contributed by atoms with van der Waals surface area (Å²) in [5, 5.41) is 15.1. The predicted molar refractivity (Wildman–Crippen MR) is 96.0 cm³/mol. The van der Waals surface area contributed by atoms with Crippen molar-refractivity contribution in [1.29, 1.82) is 0 Å². The number of piperidine rings is 1. The molecular weight excluding hydrogens is 334 g/mol. The minimum absolute atomic E-state index is 0.00823. The molecule has 2 fully saturated rings. The molecule has 0 unspecified atom stereocenters. The quantitative estimate of drug-likeness (QED) is 0.478. The number of thiocarbonyl (C=S) groups is 1. The molecule has 23 heavy (non-hydrogen) atoms. The summed E-state index contributed by atoms with van der Waals surface area (Å²) in [6.45, 7) is 0.944. The molecule has 1 N–H and O–H groups in total. The fraction of sp³-hybridized carbons (Fsp3) is 0.562. The number of likely N-dealkylation sites (tertiary alicyclic amines) is 1. The van der Waals surface area contributed by atoms with Crippen LogP contribution in [0, 0.1) is 16.0 Å². The van der Waals surface area contributed by atoms with E-state index in [1.54, 1.807) is 0 Å². The predicted octanol–water partition coefficient (Wildman–Crippen LogP) is 4.60. The van der Waals surface area contributed by atoms with E-state index in [4.69, 9.17) is 23.8 Å². The van der Waals surface area contributed by atoms with Crippen molar-refractivity contribution in [3.05, 3.63) is 33.3 Å². The van der Waals surface area contributed by atoms with Gasteiger partial charge in [-0.3, -0.25) is 10.1 Å². The van der Waals surface area contributed by atoms with Crippen molar-refractivity contribution in [2.75, 3.05) is 11.9 Å². The van der Waals surface area contributed by atoms with E-state index in [2.05, 4.69) is 10.2 Å². The van der Waals surface area contributed by atoms with E-state index in [1.165, 1.54) is 50.3 Å². The van der Waals surface area contributed by atoms with Crippen LogP contribution in [0.5, 0.6) is 0 Å². The maximum absolute atomic E-state index is 10.9. The second kappa shape index (κ2) is 7.01. The number of non-ortho nitro benzene ring substituents is 1. The number of halogens is 1. The molecule has 0 radical (unpaired) electrons. The van der Waals surface area contributed by atoms with Gasteiger partial charge >= 0.3 is 0 Å². The Hall–Kier alpha value is -1.40. The van der Waals surface area contributed by atoms with E-state index in [0.717, 1.165) is 18.9 Å². The zero-order valence-electron chi connectivity index (χ0n) is 12.8. The van der Waals surface area contributed by atoms with Gasteiger partial charge in [-0.15, -0.1) is 0 Å². The summed E-state index contributed by atoms with van der Waals surface area (Å²) in [7, 11) is 0. The number of nitrogens with one attached hydrogen (secondary N) is 1. The summed E-state index contributed by atoms with van der Waals surface area (Å²) in [4.78, 5) is 12.8. The lowest BCUT2D eigenvalue weighted by Crippen LogP contribution is -2.51. The van der Waals surface area contributed by atoms with Gasteiger partial charge < -0.3 is 10.2 Å². The molecule has 124 valence electrons. The molecule has 1 aromatic carbocycles. The van der Waals surface area contributed by atoms with Crippen molar-refractivity contribution >= 4 is 40.3 Å². The Morgan fingerprint density at radius 3 is 2.83 bits per heavy atom. The van der Waals surface area contributed by atoms with Crippen LogP contribution in [-0.4, -0.2) is 27.5 Å². The number of nitrogens with zero attached hydrogens (tertiary/aromatic N) is 2. The van der Waals surface area contributed by atoms with Gasteiger partial charge in [0.1, 0.15) is 0 Å². The summed E-state index contributed by atoms with van der Waals surface area (Å²) in [5.74, 6) is 0.720. The van der Waals surface area contributed by atoms with Crippen molar-refractivity contribution in [2.24, 2.45) is 5.92 Å². The van der Waals surface area contributed by atoms with Gasteiger partial charge in [0.2, 0.25) is 0 Å². The standard InChI is InChI=1S/C16H20ClN3O2S/c17-13-8-7-12(20(21)22)10-14(13)18-16(23)19-9-3-5-11-4-1-2-6-15(11)19/h7-8,10-11,15H,1-6,9H2,(H,18,23)/t11-,15+/m0/s1. The number of hydrogen-bond donors (Lipinski definition) is 1. The van der Waals surface area contributed by atoms with Crippen molar-refractivity contribution in [1.82, 2.24) is 4.90 Å². The normalized spacial score (nSPS) is 24.0. The first kappa shape index (κ1) is 16.5. The summed E-state index contributed by atoms with van der Waals surface area (Å²) in [6, 6.07) is 4.87. The van der Waals surface area contributed by atoms with Gasteiger partial charge in [-0.2, -0.15) is 0 Å². The number of fused-ring (bicyclic) bond motifs is 1. The fourth-order valence-corrected chi connectivity index (χ4v) is 4.29. The molecule has 1 aliphatic carbocycles. The third-order valence-corrected chi connectivity index (χ3v) is 5.57. The number of nitro benzene ring substituents is 1. The van der Waals surface area contributed by atoms with Crippen molar-refractivity contribution < 1.29 is 4.92 Å². The first-order chi connectivity index (χ1) is 11.1. The zero-order valence-corrected chi connectivity index (χ0v) is 14.4. The molecule has 5 nitrogen and oxygen atoms in total. The number of anilines is 1. The fourth-order valence-electron chi connectivity index (χ4n) is 3.79. The van der Waals surface area contributed by atoms with Gasteiger partial charge in [0.15, 0.2) is 5.11 Å². The lowest BCUT2D eigenvalue weighted by atomic mass is 9.78. The summed E-state index contributed by atoms with van der Waals surface area (Å²) in [5.41, 5.74) is 0.512. The third-order valence-electron chi connectivity index (χ3n) is 4.91. The largest absolute Gasteiger partial charge is 0.346 e. The van der Waals surface area contributed by atoms with Crippen LogP contribution in [0.4, 0.5) is 11.4 Å². The maximum atomic E-state index is 10.9. The third kappa shape index (κ3) is 3.58. The molecule has 1 aliphatic heterocycles. The molecule has 3 rings (SSSR count). The monoisotopic (exact) mass is 353 g/mol. The molecule has 1 saturated carbocycles. The molecule has 0 spiro atoms. The van der Waals surface area contributed by atoms with Gasteiger partial charge in [-0.05, 0) is 49.9 Å². The van der Waals surface area contributed by atoms with Gasteiger partial charge in [-0.1, -0.05) is 24.4 Å². The highest BCUT2D eigenvalue weighted by Crippen LogP contribution is 2.36. The van der Waals surface area contributed by atoms with Gasteiger partial charge in [0.05, 0.1) is 15.6 Å². The summed E-state index contributed by atoms with van der Waals surface area (Å²) >= 11 is 11.7. The van der Waals surface area contributed by atoms with E-state index in [-0.39, 0.29) is 5.69 Å². The maximum Gasteiger partial charge on any atom is 0.271 e. The van der Waals surface area contributed by atoms with Crippen molar-refractivity contribution in [2.45, 2.75) is 44.6 Å². The van der Waals surface area contributed by atoms with Gasteiger partial charge in [0, 0.05) is 24.7 Å². The Morgan fingerprint density at radius 2 is 2.04 bits per heavy atom. The van der Waals surface area contributed by atoms with Crippen LogP contribution in [0.3, 0.4) is 0 Å². The topological polar surface area (TPSA) is 58.4 Å². The second-order valence-corrected chi connectivity index (χ2v) is 7.09. The highest BCUT2D eigenvalue weighted by atomic mass is 35.5. The van der Waals surface area contributed by atoms with E-state index >= 15 is 0 Å². The molecule has 1 aromatic rings. The Balaban J connectivity index is 1.75. The molecule has 0 bridgehead atoms. The Kier molecular flexibility index (Phi) is 5.02. The first-order valence-electron chi connectivity index (χ1n) is 8.08. The highest BCUT2D eigenvalue weighted by molar-refractivity contribution is 7.80. The zero-order chi connectivity index (χ0) is 16.4. The van der Waals surface area contributed by atoms with Crippen LogP contribution in [0.2, 0.25) is 5.02 Å². The molecule has 2 aliphatic rings. The Labute approximate surface area is 146 Å². The number of benzene rings is 1. The SMILES string of the molecule is O=[N+]([O-])c1ccc(Cl)c(NC(=S)N2CCC[C@@H]3CCCC[C@H]32)c1. The Bertz CT molecular complexity index is 623. The van der Waals surface area contributed by atoms with Gasteiger partial charge in [0.25, 0.3) is 5.69 Å². The molecule has 2 atom stereocenters. The lowest BCUT2D eigenvalue weighted by molar-refractivity contribution is -0.384. The average molecular weight is 354 g/mol. The van der Waals surface area contributed by atoms with Crippen LogP contribution in [0.25, 0.3) is 0 Å². The molecule has 7 heteroatoms. The highest BCUT2D eigenvalue weighted by Gasteiger charge is 2.34. The van der Waals surface area contributed by atoms with Crippen LogP contribution >= 0.6 is 23.8 Å². The van der Waals surface area contributed by atoms with Crippen LogP contribution in [-0.2, 0) is 0 Å². The van der Waals surface area contributed by atoms with E-state index in [1.807, 2.05) is 0 Å². The number of rotatable bonds is 2. The van der Waals surface area contributed by atoms with Crippen LogP contribution < -0.4 is 5.32 Å². The van der Waals surface area contributed by atoms with E-state index < -0.39 is 4.92 Å². The van der Waals surface area contributed by atoms with Crippen LogP contribution in [0.1, 0.15) is 38.5 Å². The number of hydrogen-bond acceptors (Lipinski definition) is 3. The van der Waals surface area contributed by atoms with E-state index in [9.17, 15) is 10.1 Å². The molecule has 1 saturated heterocycles. The van der Waals surface area contributed by atoms with Gasteiger partial charge in [-0.25, -0.2) is 0 Å². The second-order valence-electron chi connectivity index (χ2n) is 6.30. The molecule has 1 heterocycles. The summed E-state index contributed by atoms with van der Waals surface area (Å²) in [6.07, 6.45) is 7.44. The minimum atomic E-state index is -0.428. The molecular formula is C16H20ClN3O2S. The minimum Gasteiger partial charge on any atom is -0.346 e. The number of nitro groups is 1. The van der Waals surface area contributed by atoms with Crippen molar-refractivity contribution in [3.63, 3.8) is 0 Å². The average Bonchev–Trinajstić information content (AvgIpc) is 2.56. The first-order valence-corrected chi connectivity index (χ1v) is 8.86. The Morgan fingerprint density at radius 1 is 1.30 bits per heavy atom. The molecule has 0 amide bonds. The summed E-state index contributed by atoms with van der Waals surface area (Å²) < 4.78 is 0. The van der Waals surface area contributed by atoms with Crippen LogP contribution in [0.15, 0.2) is 18.2 Å². The van der Waals surface area contributed by atoms with Crippen molar-refractivity contribution in [3.8, 4) is 0 Å².